The number of halogens is 2. The van der Waals surface area contributed by atoms with Gasteiger partial charge in [-0.15, -0.1) is 0 Å². The first-order valence-electron chi connectivity index (χ1n) is 9.61. The number of nitrogens with zero attached hydrogens (tertiary/aromatic N) is 2. The lowest BCUT2D eigenvalue weighted by Gasteiger charge is -2.23. The standard InChI is InChI=1S/C21H23ClFN3O5/c1-4-31-20(27)9-10-25(15-6-7-17(23)16(22)12-15)21(28)14-5-8-18(24-13(2)3)19(11-14)26(29)30/h5-8,11-13,24H,4,9-10H2,1-3H3. The summed E-state index contributed by atoms with van der Waals surface area (Å²) in [5.41, 5.74) is 0.291. The average Bonchev–Trinajstić information content (AvgIpc) is 2.70. The van der Waals surface area contributed by atoms with Crippen LogP contribution in [0.5, 0.6) is 0 Å². The van der Waals surface area contributed by atoms with Crippen LogP contribution >= 0.6 is 11.6 Å². The Hall–Kier alpha value is -3.20. The maximum Gasteiger partial charge on any atom is 0.307 e. The molecule has 0 saturated heterocycles. The molecule has 2 aromatic carbocycles. The first kappa shape index (κ1) is 24.1. The molecule has 31 heavy (non-hydrogen) atoms. The van der Waals surface area contributed by atoms with Crippen LogP contribution in [0.2, 0.25) is 5.02 Å². The van der Waals surface area contributed by atoms with Gasteiger partial charge in [0.05, 0.1) is 23.0 Å². The van der Waals surface area contributed by atoms with Crippen molar-refractivity contribution in [2.24, 2.45) is 0 Å². The van der Waals surface area contributed by atoms with E-state index < -0.39 is 22.6 Å². The molecule has 0 heterocycles. The number of nitrogens with one attached hydrogen (secondary N) is 1. The molecule has 1 amide bonds. The van der Waals surface area contributed by atoms with Crippen molar-refractivity contribution in [2.75, 3.05) is 23.4 Å². The van der Waals surface area contributed by atoms with Crippen LogP contribution in [0.25, 0.3) is 0 Å². The van der Waals surface area contributed by atoms with E-state index in [4.69, 9.17) is 16.3 Å². The first-order chi connectivity index (χ1) is 14.6. The van der Waals surface area contributed by atoms with Crippen molar-refractivity contribution >= 4 is 40.5 Å². The Morgan fingerprint density at radius 3 is 2.55 bits per heavy atom. The van der Waals surface area contributed by atoms with Crippen molar-refractivity contribution in [3.63, 3.8) is 0 Å². The number of nitro groups is 1. The van der Waals surface area contributed by atoms with Crippen LogP contribution in [-0.2, 0) is 9.53 Å². The highest BCUT2D eigenvalue weighted by molar-refractivity contribution is 6.31. The molecule has 166 valence electrons. The smallest absolute Gasteiger partial charge is 0.307 e. The second-order valence-electron chi connectivity index (χ2n) is 6.90. The van der Waals surface area contributed by atoms with Crippen LogP contribution in [-0.4, -0.2) is 36.0 Å². The van der Waals surface area contributed by atoms with Gasteiger partial charge in [-0.2, -0.15) is 0 Å². The van der Waals surface area contributed by atoms with E-state index >= 15 is 0 Å². The average molecular weight is 452 g/mol. The minimum atomic E-state index is -0.664. The molecule has 8 nitrogen and oxygen atoms in total. The van der Waals surface area contributed by atoms with Crippen LogP contribution in [0.4, 0.5) is 21.5 Å². The zero-order chi connectivity index (χ0) is 23.1. The number of ether oxygens (including phenoxy) is 1. The Bertz CT molecular complexity index is 983. The lowest BCUT2D eigenvalue weighted by molar-refractivity contribution is -0.384. The third-order valence-corrected chi connectivity index (χ3v) is 4.48. The minimum Gasteiger partial charge on any atom is -0.466 e. The van der Waals surface area contributed by atoms with Crippen LogP contribution in [0.15, 0.2) is 36.4 Å². The van der Waals surface area contributed by atoms with Gasteiger partial charge in [0.25, 0.3) is 11.6 Å². The molecule has 0 atom stereocenters. The number of anilines is 2. The lowest BCUT2D eigenvalue weighted by atomic mass is 10.1. The van der Waals surface area contributed by atoms with Crippen molar-refractivity contribution in [2.45, 2.75) is 33.2 Å². The summed E-state index contributed by atoms with van der Waals surface area (Å²) >= 11 is 5.85. The summed E-state index contributed by atoms with van der Waals surface area (Å²) in [4.78, 5) is 37.1. The van der Waals surface area contributed by atoms with Crippen LogP contribution < -0.4 is 10.2 Å². The predicted octanol–water partition coefficient (Wildman–Crippen LogP) is 4.81. The summed E-state index contributed by atoms with van der Waals surface area (Å²) in [5.74, 6) is -1.79. The molecule has 0 aliphatic rings. The highest BCUT2D eigenvalue weighted by atomic mass is 35.5. The van der Waals surface area contributed by atoms with E-state index in [0.717, 1.165) is 12.1 Å². The minimum absolute atomic E-state index is 0.0327. The molecule has 2 aromatic rings. The van der Waals surface area contributed by atoms with E-state index in [9.17, 15) is 24.1 Å². The van der Waals surface area contributed by atoms with Crippen LogP contribution in [0.3, 0.4) is 0 Å². The van der Waals surface area contributed by atoms with Crippen molar-refractivity contribution in [1.29, 1.82) is 0 Å². The Kier molecular flexibility index (Phi) is 8.32. The molecular weight excluding hydrogens is 429 g/mol. The van der Waals surface area contributed by atoms with Gasteiger partial charge < -0.3 is 15.0 Å². The zero-order valence-electron chi connectivity index (χ0n) is 17.4. The van der Waals surface area contributed by atoms with E-state index in [2.05, 4.69) is 5.32 Å². The van der Waals surface area contributed by atoms with Gasteiger partial charge >= 0.3 is 5.97 Å². The maximum atomic E-state index is 13.6. The van der Waals surface area contributed by atoms with E-state index in [1.165, 1.54) is 29.2 Å². The molecule has 0 bridgehead atoms. The van der Waals surface area contributed by atoms with Crippen molar-refractivity contribution in [3.05, 3.63) is 62.9 Å². The lowest BCUT2D eigenvalue weighted by Crippen LogP contribution is -2.33. The maximum absolute atomic E-state index is 13.6. The fourth-order valence-electron chi connectivity index (χ4n) is 2.84. The largest absolute Gasteiger partial charge is 0.466 e. The second-order valence-corrected chi connectivity index (χ2v) is 7.31. The highest BCUT2D eigenvalue weighted by Gasteiger charge is 2.24. The van der Waals surface area contributed by atoms with E-state index in [1.54, 1.807) is 6.92 Å². The number of benzene rings is 2. The molecule has 1 N–H and O–H groups in total. The number of amides is 1. The normalized spacial score (nSPS) is 10.6. The molecule has 0 saturated carbocycles. The number of hydrogen-bond acceptors (Lipinski definition) is 6. The van der Waals surface area contributed by atoms with Gasteiger partial charge in [0.2, 0.25) is 0 Å². The van der Waals surface area contributed by atoms with Gasteiger partial charge in [0.1, 0.15) is 11.5 Å². The number of hydrogen-bond donors (Lipinski definition) is 1. The van der Waals surface area contributed by atoms with E-state index in [-0.39, 0.29) is 53.3 Å². The van der Waals surface area contributed by atoms with Gasteiger partial charge in [-0.1, -0.05) is 11.6 Å². The number of esters is 1. The first-order valence-corrected chi connectivity index (χ1v) is 9.99. The molecule has 0 aliphatic heterocycles. The summed E-state index contributed by atoms with van der Waals surface area (Å²) in [6, 6.07) is 7.70. The molecule has 0 unspecified atom stereocenters. The molecule has 0 aliphatic carbocycles. The number of carbonyl (C=O) groups excluding carboxylic acids is 2. The number of nitro benzene ring substituents is 1. The second kappa shape index (κ2) is 10.7. The monoisotopic (exact) mass is 451 g/mol. The molecule has 0 aromatic heterocycles. The van der Waals surface area contributed by atoms with Gasteiger partial charge in [0.15, 0.2) is 0 Å². The molecule has 0 radical (unpaired) electrons. The Balaban J connectivity index is 2.43. The van der Waals surface area contributed by atoms with E-state index in [0.29, 0.717) is 0 Å². The molecule has 0 spiro atoms. The fraction of sp³-hybridized carbons (Fsp3) is 0.333. The van der Waals surface area contributed by atoms with Crippen LogP contribution in [0, 0.1) is 15.9 Å². The van der Waals surface area contributed by atoms with E-state index in [1.807, 2.05) is 13.8 Å². The van der Waals surface area contributed by atoms with Gasteiger partial charge in [-0.05, 0) is 51.1 Å². The predicted molar refractivity (Wildman–Crippen MR) is 116 cm³/mol. The third kappa shape index (κ3) is 6.39. The summed E-state index contributed by atoms with van der Waals surface area (Å²) in [6.45, 7) is 5.42. The number of carbonyl (C=O) groups is 2. The topological polar surface area (TPSA) is 102 Å². The Labute approximate surface area is 184 Å². The summed E-state index contributed by atoms with van der Waals surface area (Å²) in [5, 5.41) is 14.3. The Morgan fingerprint density at radius 1 is 1.26 bits per heavy atom. The van der Waals surface area contributed by atoms with Crippen molar-refractivity contribution in [3.8, 4) is 0 Å². The fourth-order valence-corrected chi connectivity index (χ4v) is 3.02. The third-order valence-electron chi connectivity index (χ3n) is 4.19. The number of rotatable bonds is 9. The summed E-state index contributed by atoms with van der Waals surface area (Å²) in [6.07, 6.45) is -0.121. The SMILES string of the molecule is CCOC(=O)CCN(C(=O)c1ccc(NC(C)C)c([N+](=O)[O-])c1)c1ccc(F)c(Cl)c1. The highest BCUT2D eigenvalue weighted by Crippen LogP contribution is 2.29. The molecule has 10 heteroatoms. The molecular formula is C21H23ClFN3O5. The molecule has 2 rings (SSSR count). The van der Waals surface area contributed by atoms with Gasteiger partial charge in [0, 0.05) is 29.9 Å². The quantitative estimate of drug-likeness (QED) is 0.333. The Morgan fingerprint density at radius 2 is 1.97 bits per heavy atom. The van der Waals surface area contributed by atoms with Gasteiger partial charge in [-0.3, -0.25) is 19.7 Å². The summed E-state index contributed by atoms with van der Waals surface area (Å²) < 4.78 is 18.5. The van der Waals surface area contributed by atoms with Crippen molar-refractivity contribution < 1.29 is 23.6 Å². The molecule has 0 fully saturated rings. The van der Waals surface area contributed by atoms with Crippen LogP contribution in [0.1, 0.15) is 37.6 Å². The summed E-state index contributed by atoms with van der Waals surface area (Å²) in [7, 11) is 0. The van der Waals surface area contributed by atoms with Gasteiger partial charge in [-0.25, -0.2) is 4.39 Å². The zero-order valence-corrected chi connectivity index (χ0v) is 18.1. The van der Waals surface area contributed by atoms with Crippen molar-refractivity contribution in [1.82, 2.24) is 0 Å².